The molecule has 1 fully saturated rings. The van der Waals surface area contributed by atoms with Gasteiger partial charge in [-0.05, 0) is 25.0 Å². The maximum absolute atomic E-state index is 5.69. The van der Waals surface area contributed by atoms with Crippen LogP contribution in [0.1, 0.15) is 24.6 Å². The summed E-state index contributed by atoms with van der Waals surface area (Å²) in [6.07, 6.45) is 2.28. The average Bonchev–Trinajstić information content (AvgIpc) is 3.24. The van der Waals surface area contributed by atoms with Crippen molar-refractivity contribution in [3.8, 4) is 11.6 Å². The Morgan fingerprint density at radius 2 is 1.94 bits per heavy atom. The normalized spacial score (nSPS) is 14.3. The predicted octanol–water partition coefficient (Wildman–Crippen LogP) is 2.43. The zero-order valence-corrected chi connectivity index (χ0v) is 9.84. The van der Waals surface area contributed by atoms with Crippen LogP contribution in [0.2, 0.25) is 0 Å². The van der Waals surface area contributed by atoms with Crippen LogP contribution in [0.4, 0.5) is 5.82 Å². The van der Waals surface area contributed by atoms with Gasteiger partial charge < -0.3 is 10.2 Å². The molecule has 0 radical (unpaired) electrons. The van der Waals surface area contributed by atoms with E-state index in [1.807, 2.05) is 30.3 Å². The van der Waals surface area contributed by atoms with Crippen LogP contribution in [0.5, 0.6) is 11.6 Å². The van der Waals surface area contributed by atoms with E-state index in [2.05, 4.69) is 15.4 Å². The number of hydrazine groups is 1. The number of rotatable bonds is 4. The third-order valence-corrected chi connectivity index (χ3v) is 2.78. The second-order valence-corrected chi connectivity index (χ2v) is 4.28. The molecule has 0 atom stereocenters. The third-order valence-electron chi connectivity index (χ3n) is 2.78. The summed E-state index contributed by atoms with van der Waals surface area (Å²) in [5, 5.41) is 0. The number of nitrogens with zero attached hydrogens (tertiary/aromatic N) is 2. The Hall–Kier alpha value is -2.14. The summed E-state index contributed by atoms with van der Waals surface area (Å²) >= 11 is 0. The fourth-order valence-corrected chi connectivity index (χ4v) is 1.70. The highest BCUT2D eigenvalue weighted by atomic mass is 16.5. The first kappa shape index (κ1) is 11.0. The number of para-hydroxylation sites is 1. The molecule has 1 aliphatic rings. The summed E-state index contributed by atoms with van der Waals surface area (Å²) in [5.41, 5.74) is 2.55. The standard InChI is InChI=1S/C13H14N4O/c14-17-11-8-12(16-13(15-11)9-6-7-9)18-10-4-2-1-3-5-10/h1-5,8-9H,6-7,14H2,(H,15,16,17). The number of aromatic nitrogens is 2. The van der Waals surface area contributed by atoms with E-state index in [4.69, 9.17) is 10.6 Å². The van der Waals surface area contributed by atoms with Crippen molar-refractivity contribution in [2.45, 2.75) is 18.8 Å². The molecule has 2 aromatic rings. The van der Waals surface area contributed by atoms with E-state index >= 15 is 0 Å². The molecule has 0 aliphatic heterocycles. The maximum atomic E-state index is 5.69. The lowest BCUT2D eigenvalue weighted by molar-refractivity contribution is 0.459. The number of hydrogen-bond acceptors (Lipinski definition) is 5. The van der Waals surface area contributed by atoms with Crippen LogP contribution < -0.4 is 16.0 Å². The molecule has 5 nitrogen and oxygen atoms in total. The molecule has 0 unspecified atom stereocenters. The Balaban J connectivity index is 1.88. The van der Waals surface area contributed by atoms with Crippen molar-refractivity contribution in [2.75, 3.05) is 5.43 Å². The molecule has 0 saturated heterocycles. The van der Waals surface area contributed by atoms with Gasteiger partial charge in [-0.3, -0.25) is 0 Å². The van der Waals surface area contributed by atoms with E-state index < -0.39 is 0 Å². The van der Waals surface area contributed by atoms with Crippen LogP contribution in [0.15, 0.2) is 36.4 Å². The molecule has 0 amide bonds. The Labute approximate surface area is 105 Å². The molecular formula is C13H14N4O. The van der Waals surface area contributed by atoms with Crippen LogP contribution in [-0.2, 0) is 0 Å². The molecular weight excluding hydrogens is 228 g/mol. The molecule has 18 heavy (non-hydrogen) atoms. The number of nitrogens with one attached hydrogen (secondary N) is 1. The van der Waals surface area contributed by atoms with Crippen molar-refractivity contribution in [3.63, 3.8) is 0 Å². The third kappa shape index (κ3) is 2.41. The van der Waals surface area contributed by atoms with Crippen molar-refractivity contribution < 1.29 is 4.74 Å². The fourth-order valence-electron chi connectivity index (χ4n) is 1.70. The van der Waals surface area contributed by atoms with Gasteiger partial charge in [-0.15, -0.1) is 0 Å². The minimum atomic E-state index is 0.455. The monoisotopic (exact) mass is 242 g/mol. The lowest BCUT2D eigenvalue weighted by Crippen LogP contribution is -2.10. The number of nitrogen functional groups attached to an aromatic ring is 1. The molecule has 1 aliphatic carbocycles. The zero-order valence-electron chi connectivity index (χ0n) is 9.84. The molecule has 0 spiro atoms. The van der Waals surface area contributed by atoms with E-state index in [9.17, 15) is 0 Å². The number of nitrogens with two attached hydrogens (primary N) is 1. The molecule has 1 aromatic heterocycles. The summed E-state index contributed by atoms with van der Waals surface area (Å²) in [6, 6.07) is 11.2. The smallest absolute Gasteiger partial charge is 0.224 e. The summed E-state index contributed by atoms with van der Waals surface area (Å²) in [5.74, 6) is 8.51. The van der Waals surface area contributed by atoms with Gasteiger partial charge in [0.2, 0.25) is 5.88 Å². The maximum Gasteiger partial charge on any atom is 0.224 e. The molecule has 3 N–H and O–H groups in total. The second kappa shape index (κ2) is 4.62. The first-order valence-electron chi connectivity index (χ1n) is 5.93. The first-order chi connectivity index (χ1) is 8.85. The second-order valence-electron chi connectivity index (χ2n) is 4.28. The summed E-state index contributed by atoms with van der Waals surface area (Å²) < 4.78 is 5.69. The van der Waals surface area contributed by atoms with Gasteiger partial charge in [-0.1, -0.05) is 18.2 Å². The first-order valence-corrected chi connectivity index (χ1v) is 5.93. The molecule has 0 bridgehead atoms. The van der Waals surface area contributed by atoms with E-state index in [0.717, 1.165) is 24.4 Å². The quantitative estimate of drug-likeness (QED) is 0.636. The summed E-state index contributed by atoms with van der Waals surface area (Å²) in [4.78, 5) is 8.74. The van der Waals surface area contributed by atoms with Gasteiger partial charge in [-0.2, -0.15) is 4.98 Å². The van der Waals surface area contributed by atoms with Crippen molar-refractivity contribution in [1.29, 1.82) is 0 Å². The number of ether oxygens (including phenoxy) is 1. The van der Waals surface area contributed by atoms with Gasteiger partial charge >= 0.3 is 0 Å². The van der Waals surface area contributed by atoms with Crippen molar-refractivity contribution in [3.05, 3.63) is 42.2 Å². The Morgan fingerprint density at radius 1 is 1.17 bits per heavy atom. The molecule has 1 heterocycles. The van der Waals surface area contributed by atoms with Crippen LogP contribution >= 0.6 is 0 Å². The van der Waals surface area contributed by atoms with E-state index in [1.165, 1.54) is 0 Å². The minimum Gasteiger partial charge on any atom is -0.439 e. The summed E-state index contributed by atoms with van der Waals surface area (Å²) in [6.45, 7) is 0. The van der Waals surface area contributed by atoms with E-state index in [1.54, 1.807) is 6.07 Å². The Morgan fingerprint density at radius 3 is 2.61 bits per heavy atom. The van der Waals surface area contributed by atoms with Crippen LogP contribution in [0.3, 0.4) is 0 Å². The van der Waals surface area contributed by atoms with E-state index in [0.29, 0.717) is 17.6 Å². The van der Waals surface area contributed by atoms with Gasteiger partial charge in [0.05, 0.1) is 0 Å². The number of benzene rings is 1. The topological polar surface area (TPSA) is 73.1 Å². The largest absolute Gasteiger partial charge is 0.439 e. The van der Waals surface area contributed by atoms with Gasteiger partial charge in [0.1, 0.15) is 17.4 Å². The number of hydrogen-bond donors (Lipinski definition) is 2. The predicted molar refractivity (Wildman–Crippen MR) is 68.3 cm³/mol. The van der Waals surface area contributed by atoms with Crippen molar-refractivity contribution in [1.82, 2.24) is 9.97 Å². The van der Waals surface area contributed by atoms with Gasteiger partial charge in [0.15, 0.2) is 0 Å². The minimum absolute atomic E-state index is 0.455. The average molecular weight is 242 g/mol. The van der Waals surface area contributed by atoms with Gasteiger partial charge in [-0.25, -0.2) is 10.8 Å². The number of anilines is 1. The SMILES string of the molecule is NNc1cc(Oc2ccccc2)nc(C2CC2)n1. The van der Waals surface area contributed by atoms with Crippen LogP contribution in [-0.4, -0.2) is 9.97 Å². The molecule has 1 saturated carbocycles. The van der Waals surface area contributed by atoms with Gasteiger partial charge in [0, 0.05) is 12.0 Å². The zero-order chi connectivity index (χ0) is 12.4. The highest BCUT2D eigenvalue weighted by Gasteiger charge is 2.27. The molecule has 1 aromatic carbocycles. The molecule has 92 valence electrons. The lowest BCUT2D eigenvalue weighted by Gasteiger charge is -2.08. The highest BCUT2D eigenvalue weighted by Crippen LogP contribution is 2.39. The Kier molecular flexibility index (Phi) is 2.82. The fraction of sp³-hybridized carbons (Fsp3) is 0.231. The summed E-state index contributed by atoms with van der Waals surface area (Å²) in [7, 11) is 0. The molecule has 5 heteroatoms. The Bertz CT molecular complexity index is 540. The lowest BCUT2D eigenvalue weighted by atomic mass is 10.3. The van der Waals surface area contributed by atoms with Crippen molar-refractivity contribution >= 4 is 5.82 Å². The highest BCUT2D eigenvalue weighted by molar-refractivity contribution is 5.39. The molecule has 3 rings (SSSR count). The van der Waals surface area contributed by atoms with Crippen LogP contribution in [0.25, 0.3) is 0 Å². The van der Waals surface area contributed by atoms with Gasteiger partial charge in [0.25, 0.3) is 0 Å². The van der Waals surface area contributed by atoms with Crippen molar-refractivity contribution in [2.24, 2.45) is 5.84 Å². The van der Waals surface area contributed by atoms with E-state index in [-0.39, 0.29) is 0 Å². The van der Waals surface area contributed by atoms with Crippen LogP contribution in [0, 0.1) is 0 Å².